The van der Waals surface area contributed by atoms with Crippen LogP contribution in [0.3, 0.4) is 0 Å². The summed E-state index contributed by atoms with van der Waals surface area (Å²) in [6.45, 7) is 0. The number of primary amides is 1. The van der Waals surface area contributed by atoms with Gasteiger partial charge in [0, 0.05) is 5.56 Å². The van der Waals surface area contributed by atoms with Crippen molar-refractivity contribution in [3.63, 3.8) is 0 Å². The molecule has 1 aromatic carbocycles. The number of rotatable bonds is 2. The van der Waals surface area contributed by atoms with Gasteiger partial charge in [-0.1, -0.05) is 11.8 Å². The maximum absolute atomic E-state index is 10.9. The van der Waals surface area contributed by atoms with Gasteiger partial charge in [0.25, 0.3) is 5.91 Å². The Labute approximate surface area is 91.5 Å². The molecule has 1 amide bonds. The third-order valence-electron chi connectivity index (χ3n) is 1.73. The standard InChI is InChI=1S/C11H9NO4/c12-11(16)8-6-7(4-5-9(8)13)2-1-3-10(14)15/h4-6,13H,3H2,(H2,12,16)(H,14,15). The van der Waals surface area contributed by atoms with Gasteiger partial charge >= 0.3 is 5.97 Å². The molecule has 5 nitrogen and oxygen atoms in total. The van der Waals surface area contributed by atoms with Crippen LogP contribution in [0.25, 0.3) is 0 Å². The van der Waals surface area contributed by atoms with Gasteiger partial charge in [0.2, 0.25) is 0 Å². The van der Waals surface area contributed by atoms with E-state index in [0.29, 0.717) is 5.56 Å². The number of benzene rings is 1. The van der Waals surface area contributed by atoms with E-state index in [1.165, 1.54) is 18.2 Å². The van der Waals surface area contributed by atoms with Gasteiger partial charge in [0.05, 0.1) is 5.56 Å². The van der Waals surface area contributed by atoms with Crippen LogP contribution in [0.5, 0.6) is 5.75 Å². The van der Waals surface area contributed by atoms with Crippen molar-refractivity contribution in [1.82, 2.24) is 0 Å². The van der Waals surface area contributed by atoms with Crippen molar-refractivity contribution >= 4 is 11.9 Å². The molecule has 0 unspecified atom stereocenters. The second kappa shape index (κ2) is 4.84. The van der Waals surface area contributed by atoms with E-state index in [-0.39, 0.29) is 17.7 Å². The van der Waals surface area contributed by atoms with E-state index >= 15 is 0 Å². The minimum absolute atomic E-state index is 0.0397. The Morgan fingerprint density at radius 1 is 1.38 bits per heavy atom. The molecule has 0 aliphatic heterocycles. The highest BCUT2D eigenvalue weighted by molar-refractivity contribution is 5.95. The number of carbonyl (C=O) groups is 2. The Morgan fingerprint density at radius 3 is 2.62 bits per heavy atom. The fourth-order valence-electron chi connectivity index (χ4n) is 1.03. The van der Waals surface area contributed by atoms with Crippen molar-refractivity contribution in [1.29, 1.82) is 0 Å². The topological polar surface area (TPSA) is 101 Å². The Hall–Kier alpha value is -2.48. The molecule has 0 spiro atoms. The molecular formula is C11H9NO4. The first-order valence-corrected chi connectivity index (χ1v) is 4.34. The molecule has 0 bridgehead atoms. The zero-order valence-electron chi connectivity index (χ0n) is 8.23. The summed E-state index contributed by atoms with van der Waals surface area (Å²) in [6, 6.07) is 4.06. The van der Waals surface area contributed by atoms with Crippen LogP contribution in [0.2, 0.25) is 0 Å². The van der Waals surface area contributed by atoms with Gasteiger partial charge in [-0.3, -0.25) is 9.59 Å². The number of nitrogens with two attached hydrogens (primary N) is 1. The van der Waals surface area contributed by atoms with E-state index in [0.717, 1.165) is 0 Å². The molecule has 0 saturated heterocycles. The number of hydrogen-bond donors (Lipinski definition) is 3. The van der Waals surface area contributed by atoms with Gasteiger partial charge in [0.1, 0.15) is 12.2 Å². The fourth-order valence-corrected chi connectivity index (χ4v) is 1.03. The normalized spacial score (nSPS) is 9.00. The molecule has 0 aliphatic rings. The second-order valence-electron chi connectivity index (χ2n) is 2.97. The maximum atomic E-state index is 10.9. The summed E-state index contributed by atoms with van der Waals surface area (Å²) in [7, 11) is 0. The van der Waals surface area contributed by atoms with E-state index < -0.39 is 11.9 Å². The maximum Gasteiger partial charge on any atom is 0.315 e. The molecule has 0 heterocycles. The predicted molar refractivity (Wildman–Crippen MR) is 55.8 cm³/mol. The molecule has 0 saturated carbocycles. The van der Waals surface area contributed by atoms with Gasteiger partial charge in [0.15, 0.2) is 0 Å². The highest BCUT2D eigenvalue weighted by Gasteiger charge is 2.06. The highest BCUT2D eigenvalue weighted by atomic mass is 16.4. The van der Waals surface area contributed by atoms with Crippen LogP contribution in [0.15, 0.2) is 18.2 Å². The number of phenols is 1. The lowest BCUT2D eigenvalue weighted by molar-refractivity contribution is -0.135. The monoisotopic (exact) mass is 219 g/mol. The van der Waals surface area contributed by atoms with Gasteiger partial charge in [-0.2, -0.15) is 0 Å². The van der Waals surface area contributed by atoms with E-state index in [4.69, 9.17) is 10.8 Å². The molecule has 16 heavy (non-hydrogen) atoms. The van der Waals surface area contributed by atoms with Crippen LogP contribution in [0, 0.1) is 11.8 Å². The van der Waals surface area contributed by atoms with Gasteiger partial charge in [-0.05, 0) is 18.2 Å². The highest BCUT2D eigenvalue weighted by Crippen LogP contribution is 2.17. The molecule has 5 heteroatoms. The van der Waals surface area contributed by atoms with E-state index in [2.05, 4.69) is 11.8 Å². The molecule has 0 radical (unpaired) electrons. The third kappa shape index (κ3) is 3.03. The number of carboxylic acid groups (broad SMARTS) is 1. The summed E-state index contributed by atoms with van der Waals surface area (Å²) in [5.41, 5.74) is 5.40. The first-order valence-electron chi connectivity index (χ1n) is 4.34. The van der Waals surface area contributed by atoms with Crippen molar-refractivity contribution in [3.8, 4) is 17.6 Å². The van der Waals surface area contributed by atoms with Crippen molar-refractivity contribution in [3.05, 3.63) is 29.3 Å². The number of aliphatic carboxylic acids is 1. The van der Waals surface area contributed by atoms with Gasteiger partial charge in [-0.25, -0.2) is 0 Å². The Kier molecular flexibility index (Phi) is 3.51. The Balaban J connectivity index is 2.98. The largest absolute Gasteiger partial charge is 0.507 e. The summed E-state index contributed by atoms with van der Waals surface area (Å²) in [5.74, 6) is 2.94. The molecule has 0 fully saturated rings. The summed E-state index contributed by atoms with van der Waals surface area (Å²) < 4.78 is 0. The lowest BCUT2D eigenvalue weighted by Crippen LogP contribution is -2.11. The summed E-state index contributed by atoms with van der Waals surface area (Å²) in [4.78, 5) is 21.1. The minimum atomic E-state index is -1.03. The fraction of sp³-hybridized carbons (Fsp3) is 0.0909. The smallest absolute Gasteiger partial charge is 0.315 e. The van der Waals surface area contributed by atoms with E-state index in [9.17, 15) is 14.7 Å². The zero-order chi connectivity index (χ0) is 12.1. The SMILES string of the molecule is NC(=O)c1cc(C#CCC(=O)O)ccc1O. The van der Waals surface area contributed by atoms with Crippen LogP contribution in [-0.2, 0) is 4.79 Å². The second-order valence-corrected chi connectivity index (χ2v) is 2.97. The Morgan fingerprint density at radius 2 is 2.06 bits per heavy atom. The number of carboxylic acids is 1. The van der Waals surface area contributed by atoms with Gasteiger partial charge < -0.3 is 15.9 Å². The predicted octanol–water partition coefficient (Wildman–Crippen LogP) is 0.317. The van der Waals surface area contributed by atoms with Crippen LogP contribution in [-0.4, -0.2) is 22.1 Å². The lowest BCUT2D eigenvalue weighted by Gasteiger charge is -1.99. The molecule has 0 aromatic heterocycles. The summed E-state index contributed by atoms with van der Waals surface area (Å²) >= 11 is 0. The first-order chi connectivity index (χ1) is 7.50. The summed E-state index contributed by atoms with van der Waals surface area (Å²) in [6.07, 6.45) is -0.285. The molecular weight excluding hydrogens is 210 g/mol. The van der Waals surface area contributed by atoms with Crippen molar-refractivity contribution in [2.24, 2.45) is 5.73 Å². The molecule has 0 atom stereocenters. The number of hydrogen-bond acceptors (Lipinski definition) is 3. The van der Waals surface area contributed by atoms with E-state index in [1.54, 1.807) is 0 Å². The molecule has 0 aliphatic carbocycles. The average molecular weight is 219 g/mol. The van der Waals surface area contributed by atoms with Crippen LogP contribution in [0.4, 0.5) is 0 Å². The van der Waals surface area contributed by atoms with Crippen molar-refractivity contribution in [2.45, 2.75) is 6.42 Å². The zero-order valence-corrected chi connectivity index (χ0v) is 8.23. The molecule has 4 N–H and O–H groups in total. The molecule has 1 aromatic rings. The van der Waals surface area contributed by atoms with Crippen LogP contribution in [0.1, 0.15) is 22.3 Å². The third-order valence-corrected chi connectivity index (χ3v) is 1.73. The van der Waals surface area contributed by atoms with Crippen molar-refractivity contribution in [2.75, 3.05) is 0 Å². The first kappa shape index (κ1) is 11.6. The molecule has 82 valence electrons. The lowest BCUT2D eigenvalue weighted by atomic mass is 10.1. The Bertz CT molecular complexity index is 496. The minimum Gasteiger partial charge on any atom is -0.507 e. The number of aromatic hydroxyl groups is 1. The van der Waals surface area contributed by atoms with Crippen LogP contribution >= 0.6 is 0 Å². The summed E-state index contributed by atoms with van der Waals surface area (Å²) in [5, 5.41) is 17.6. The van der Waals surface area contributed by atoms with Crippen LogP contribution < -0.4 is 5.73 Å². The van der Waals surface area contributed by atoms with Gasteiger partial charge in [-0.15, -0.1) is 0 Å². The quantitative estimate of drug-likeness (QED) is 0.623. The molecule has 1 rings (SSSR count). The average Bonchev–Trinajstić information content (AvgIpc) is 2.19. The number of carbonyl (C=O) groups excluding carboxylic acids is 1. The van der Waals surface area contributed by atoms with E-state index in [1.807, 2.05) is 0 Å². The number of amides is 1. The van der Waals surface area contributed by atoms with Crippen molar-refractivity contribution < 1.29 is 19.8 Å².